The number of amides is 1. The van der Waals surface area contributed by atoms with Gasteiger partial charge in [-0.3, -0.25) is 9.36 Å². The van der Waals surface area contributed by atoms with E-state index in [1.807, 2.05) is 54.8 Å². The summed E-state index contributed by atoms with van der Waals surface area (Å²) in [6.07, 6.45) is 1.61. The monoisotopic (exact) mass is 427 g/mol. The van der Waals surface area contributed by atoms with Gasteiger partial charge < -0.3 is 19.4 Å². The molecule has 1 aliphatic rings. The average molecular weight is 428 g/mol. The number of morpholine rings is 1. The fourth-order valence-corrected chi connectivity index (χ4v) is 4.19. The molecule has 158 valence electrons. The topological polar surface area (TPSA) is 85.4 Å². The number of hydrogen-bond donors (Lipinski definition) is 1. The molecule has 0 aliphatic carbocycles. The molecule has 1 aromatic carbocycles. The molecule has 3 aromatic rings. The maximum atomic E-state index is 12.7. The summed E-state index contributed by atoms with van der Waals surface area (Å²) in [4.78, 5) is 15.0. The van der Waals surface area contributed by atoms with Crippen LogP contribution in [0.4, 0.5) is 11.4 Å². The normalized spacial score (nSPS) is 15.2. The number of nitrogens with zero attached hydrogens (tertiary/aromatic N) is 4. The first-order valence-electron chi connectivity index (χ1n) is 10.0. The number of thioether (sulfide) groups is 1. The van der Waals surface area contributed by atoms with E-state index >= 15 is 0 Å². The lowest BCUT2D eigenvalue weighted by Gasteiger charge is -2.28. The van der Waals surface area contributed by atoms with E-state index in [-0.39, 0.29) is 11.2 Å². The molecule has 1 amide bonds. The second-order valence-electron chi connectivity index (χ2n) is 6.92. The highest BCUT2D eigenvalue weighted by Gasteiger charge is 2.21. The van der Waals surface area contributed by atoms with E-state index in [0.717, 1.165) is 37.7 Å². The highest BCUT2D eigenvalue weighted by molar-refractivity contribution is 8.00. The molecular weight excluding hydrogens is 402 g/mol. The molecule has 0 saturated carbocycles. The maximum absolute atomic E-state index is 12.7. The van der Waals surface area contributed by atoms with Gasteiger partial charge in [0.05, 0.1) is 24.7 Å². The Morgan fingerprint density at radius 1 is 1.20 bits per heavy atom. The third kappa shape index (κ3) is 4.52. The van der Waals surface area contributed by atoms with E-state index < -0.39 is 0 Å². The highest BCUT2D eigenvalue weighted by Crippen LogP contribution is 2.28. The molecule has 3 heterocycles. The van der Waals surface area contributed by atoms with Gasteiger partial charge in [-0.15, -0.1) is 10.2 Å². The summed E-state index contributed by atoms with van der Waals surface area (Å²) in [6.45, 7) is 7.83. The van der Waals surface area contributed by atoms with Gasteiger partial charge in [-0.1, -0.05) is 11.8 Å². The fraction of sp³-hybridized carbons (Fsp3) is 0.381. The summed E-state index contributed by atoms with van der Waals surface area (Å²) >= 11 is 1.38. The van der Waals surface area contributed by atoms with Crippen LogP contribution in [0.5, 0.6) is 0 Å². The summed E-state index contributed by atoms with van der Waals surface area (Å²) in [5.74, 6) is 1.24. The molecule has 0 bridgehead atoms. The number of anilines is 2. The Hall–Kier alpha value is -2.78. The van der Waals surface area contributed by atoms with Crippen LogP contribution in [0.15, 0.2) is 52.2 Å². The summed E-state index contributed by atoms with van der Waals surface area (Å²) in [5, 5.41) is 11.8. The van der Waals surface area contributed by atoms with Gasteiger partial charge in [0.2, 0.25) is 5.91 Å². The summed E-state index contributed by atoms with van der Waals surface area (Å²) in [6, 6.07) is 11.6. The Morgan fingerprint density at radius 2 is 1.97 bits per heavy atom. The van der Waals surface area contributed by atoms with Crippen LogP contribution in [-0.2, 0) is 16.1 Å². The predicted octanol–water partition coefficient (Wildman–Crippen LogP) is 3.51. The first kappa shape index (κ1) is 20.5. The fourth-order valence-electron chi connectivity index (χ4n) is 3.28. The Labute approximate surface area is 179 Å². The number of benzene rings is 1. The summed E-state index contributed by atoms with van der Waals surface area (Å²) in [5.41, 5.74) is 1.91. The van der Waals surface area contributed by atoms with Gasteiger partial charge in [-0.25, -0.2) is 0 Å². The molecule has 9 heteroatoms. The van der Waals surface area contributed by atoms with Gasteiger partial charge in [0.15, 0.2) is 16.7 Å². The van der Waals surface area contributed by atoms with Crippen LogP contribution in [0.2, 0.25) is 0 Å². The van der Waals surface area contributed by atoms with Gasteiger partial charge in [-0.2, -0.15) is 0 Å². The summed E-state index contributed by atoms with van der Waals surface area (Å²) in [7, 11) is 0. The van der Waals surface area contributed by atoms with Crippen molar-refractivity contribution < 1.29 is 13.9 Å². The van der Waals surface area contributed by atoms with Crippen molar-refractivity contribution >= 4 is 29.0 Å². The van der Waals surface area contributed by atoms with Crippen molar-refractivity contribution in [3.63, 3.8) is 0 Å². The zero-order valence-electron chi connectivity index (χ0n) is 17.1. The Morgan fingerprint density at radius 3 is 2.63 bits per heavy atom. The molecule has 8 nitrogen and oxygen atoms in total. The lowest BCUT2D eigenvalue weighted by molar-refractivity contribution is -0.115. The molecule has 0 unspecified atom stereocenters. The molecule has 1 saturated heterocycles. The third-order valence-electron chi connectivity index (χ3n) is 4.94. The quantitative estimate of drug-likeness (QED) is 0.578. The van der Waals surface area contributed by atoms with E-state index in [4.69, 9.17) is 9.15 Å². The standard InChI is InChI=1S/C21H25N5O3S/c1-3-26-19(18-5-4-12-29-18)23-24-21(26)30-15(2)20(27)22-16-6-8-17(9-7-16)25-10-13-28-14-11-25/h4-9,12,15H,3,10-11,13-14H2,1-2H3,(H,22,27)/t15-/m0/s1. The minimum atomic E-state index is -0.331. The first-order valence-corrected chi connectivity index (χ1v) is 10.9. The van der Waals surface area contributed by atoms with Gasteiger partial charge in [0.1, 0.15) is 0 Å². The third-order valence-corrected chi connectivity index (χ3v) is 6.02. The minimum absolute atomic E-state index is 0.0793. The van der Waals surface area contributed by atoms with Crippen LogP contribution in [0.25, 0.3) is 11.6 Å². The maximum Gasteiger partial charge on any atom is 0.237 e. The lowest BCUT2D eigenvalue weighted by Crippen LogP contribution is -2.36. The van der Waals surface area contributed by atoms with Gasteiger partial charge in [0, 0.05) is 31.0 Å². The summed E-state index contributed by atoms with van der Waals surface area (Å²) < 4.78 is 12.8. The van der Waals surface area contributed by atoms with Gasteiger partial charge in [0.25, 0.3) is 0 Å². The highest BCUT2D eigenvalue weighted by atomic mass is 32.2. The number of nitrogens with one attached hydrogen (secondary N) is 1. The Bertz CT molecular complexity index is 965. The molecule has 0 radical (unpaired) electrons. The number of hydrogen-bond acceptors (Lipinski definition) is 7. The molecule has 30 heavy (non-hydrogen) atoms. The Kier molecular flexibility index (Phi) is 6.39. The molecule has 4 rings (SSSR count). The molecule has 1 atom stereocenters. The number of carbonyl (C=O) groups is 1. The zero-order valence-corrected chi connectivity index (χ0v) is 17.9. The van der Waals surface area contributed by atoms with E-state index in [1.165, 1.54) is 11.8 Å². The Balaban J connectivity index is 1.38. The average Bonchev–Trinajstić information content (AvgIpc) is 3.44. The largest absolute Gasteiger partial charge is 0.461 e. The molecule has 2 aromatic heterocycles. The number of rotatable bonds is 7. The second-order valence-corrected chi connectivity index (χ2v) is 8.23. The van der Waals surface area contributed by atoms with Gasteiger partial charge >= 0.3 is 0 Å². The van der Waals surface area contributed by atoms with E-state index in [2.05, 4.69) is 20.4 Å². The van der Waals surface area contributed by atoms with E-state index in [0.29, 0.717) is 23.3 Å². The predicted molar refractivity (Wildman–Crippen MR) is 117 cm³/mol. The van der Waals surface area contributed by atoms with Crippen LogP contribution >= 0.6 is 11.8 Å². The molecule has 1 fully saturated rings. The number of aromatic nitrogens is 3. The molecule has 1 aliphatic heterocycles. The van der Waals surface area contributed by atoms with Crippen LogP contribution in [0, 0.1) is 0 Å². The smallest absolute Gasteiger partial charge is 0.237 e. The molecular formula is C21H25N5O3S. The van der Waals surface area contributed by atoms with Crippen LogP contribution in [-0.4, -0.2) is 52.2 Å². The first-order chi connectivity index (χ1) is 14.7. The number of ether oxygens (including phenoxy) is 1. The van der Waals surface area contributed by atoms with Crippen molar-refractivity contribution in [2.24, 2.45) is 0 Å². The van der Waals surface area contributed by atoms with Crippen molar-refractivity contribution in [3.8, 4) is 11.6 Å². The van der Waals surface area contributed by atoms with Crippen molar-refractivity contribution in [2.45, 2.75) is 30.8 Å². The van der Waals surface area contributed by atoms with E-state index in [9.17, 15) is 4.79 Å². The number of furan rings is 1. The zero-order chi connectivity index (χ0) is 20.9. The van der Waals surface area contributed by atoms with Crippen molar-refractivity contribution in [3.05, 3.63) is 42.7 Å². The van der Waals surface area contributed by atoms with Crippen LogP contribution in [0.3, 0.4) is 0 Å². The second kappa shape index (κ2) is 9.36. The molecule has 0 spiro atoms. The number of carbonyl (C=O) groups excluding carboxylic acids is 1. The van der Waals surface area contributed by atoms with Gasteiger partial charge in [-0.05, 0) is 50.2 Å². The van der Waals surface area contributed by atoms with Crippen molar-refractivity contribution in [1.29, 1.82) is 0 Å². The van der Waals surface area contributed by atoms with Crippen molar-refractivity contribution in [1.82, 2.24) is 14.8 Å². The van der Waals surface area contributed by atoms with Crippen LogP contribution in [0.1, 0.15) is 13.8 Å². The van der Waals surface area contributed by atoms with Crippen molar-refractivity contribution in [2.75, 3.05) is 36.5 Å². The minimum Gasteiger partial charge on any atom is -0.461 e. The SMILES string of the molecule is CCn1c(S[C@@H](C)C(=O)Nc2ccc(N3CCOCC3)cc2)nnc1-c1ccco1. The lowest BCUT2D eigenvalue weighted by atomic mass is 10.2. The van der Waals surface area contributed by atoms with Crippen LogP contribution < -0.4 is 10.2 Å². The van der Waals surface area contributed by atoms with E-state index in [1.54, 1.807) is 6.26 Å². The molecule has 1 N–H and O–H groups in total.